The monoisotopic (exact) mass is 311 g/mol. The third kappa shape index (κ3) is 3.12. The molecule has 1 aromatic rings. The first kappa shape index (κ1) is 14.9. The van der Waals surface area contributed by atoms with E-state index in [0.29, 0.717) is 6.04 Å². The van der Waals surface area contributed by atoms with Gasteiger partial charge in [-0.1, -0.05) is 11.6 Å². The molecule has 2 fully saturated rings. The van der Waals surface area contributed by atoms with E-state index in [2.05, 4.69) is 5.32 Å². The molecule has 2 aliphatic rings. The fourth-order valence-electron chi connectivity index (χ4n) is 3.15. The van der Waals surface area contributed by atoms with Crippen molar-refractivity contribution in [3.63, 3.8) is 0 Å². The molecule has 1 heterocycles. The molecule has 4 nitrogen and oxygen atoms in total. The molecule has 1 aliphatic heterocycles. The number of ether oxygens (including phenoxy) is 3. The van der Waals surface area contributed by atoms with E-state index in [1.165, 1.54) is 0 Å². The molecule has 0 unspecified atom stereocenters. The van der Waals surface area contributed by atoms with Gasteiger partial charge in [0.15, 0.2) is 5.79 Å². The Labute approximate surface area is 130 Å². The highest BCUT2D eigenvalue weighted by Crippen LogP contribution is 2.38. The van der Waals surface area contributed by atoms with Gasteiger partial charge >= 0.3 is 0 Å². The molecule has 1 saturated heterocycles. The Bertz CT molecular complexity index is 504. The summed E-state index contributed by atoms with van der Waals surface area (Å²) in [4.78, 5) is 0. The fraction of sp³-hybridized carbons (Fsp3) is 0.625. The average molecular weight is 312 g/mol. The summed E-state index contributed by atoms with van der Waals surface area (Å²) in [5, 5.41) is 4.31. The molecule has 0 bridgehead atoms. The number of aryl methyl sites for hydroxylation is 1. The van der Waals surface area contributed by atoms with Gasteiger partial charge < -0.3 is 19.5 Å². The Kier molecular flexibility index (Phi) is 4.29. The van der Waals surface area contributed by atoms with E-state index in [0.717, 1.165) is 60.9 Å². The summed E-state index contributed by atoms with van der Waals surface area (Å²) < 4.78 is 17.0. The molecule has 3 rings (SSSR count). The second-order valence-corrected chi connectivity index (χ2v) is 6.24. The van der Waals surface area contributed by atoms with Crippen molar-refractivity contribution in [3.8, 4) is 5.75 Å². The number of hydrogen-bond donors (Lipinski definition) is 1. The third-order valence-corrected chi connectivity index (χ3v) is 4.81. The van der Waals surface area contributed by atoms with E-state index in [9.17, 15) is 0 Å². The topological polar surface area (TPSA) is 39.7 Å². The summed E-state index contributed by atoms with van der Waals surface area (Å²) in [5.41, 5.74) is 2.06. The molecular formula is C16H22ClNO3. The second kappa shape index (κ2) is 6.03. The standard InChI is InChI=1S/C16H22ClNO3/c1-11-9-14(15(19-2)10-13(11)17)18-12-3-5-16(6-4-12)20-7-8-21-16/h9-10,12,18H,3-8H2,1-2H3. The van der Waals surface area contributed by atoms with Gasteiger partial charge in [-0.25, -0.2) is 0 Å². The van der Waals surface area contributed by atoms with Crippen molar-refractivity contribution in [1.82, 2.24) is 0 Å². The zero-order valence-corrected chi connectivity index (χ0v) is 13.3. The molecule has 1 aromatic carbocycles. The van der Waals surface area contributed by atoms with Crippen LogP contribution in [0.1, 0.15) is 31.2 Å². The third-order valence-electron chi connectivity index (χ3n) is 4.40. The lowest BCUT2D eigenvalue weighted by Crippen LogP contribution is -2.39. The van der Waals surface area contributed by atoms with E-state index in [1.807, 2.05) is 19.1 Å². The molecule has 21 heavy (non-hydrogen) atoms. The number of rotatable bonds is 3. The van der Waals surface area contributed by atoms with Crippen LogP contribution in [0.3, 0.4) is 0 Å². The first-order chi connectivity index (χ1) is 10.1. The Hall–Kier alpha value is -0.970. The molecule has 0 amide bonds. The molecule has 1 saturated carbocycles. The van der Waals surface area contributed by atoms with Gasteiger partial charge in [0.1, 0.15) is 5.75 Å². The minimum absolute atomic E-state index is 0.307. The fourth-order valence-corrected chi connectivity index (χ4v) is 3.31. The van der Waals surface area contributed by atoms with Gasteiger partial charge in [-0.2, -0.15) is 0 Å². The van der Waals surface area contributed by atoms with Gasteiger partial charge in [0.25, 0.3) is 0 Å². The van der Waals surface area contributed by atoms with Crippen molar-refractivity contribution in [2.75, 3.05) is 25.6 Å². The summed E-state index contributed by atoms with van der Waals surface area (Å²) in [5.74, 6) is 0.484. The summed E-state index contributed by atoms with van der Waals surface area (Å²) in [6, 6.07) is 4.33. The van der Waals surface area contributed by atoms with Gasteiger partial charge in [0.05, 0.1) is 26.0 Å². The largest absolute Gasteiger partial charge is 0.495 e. The van der Waals surface area contributed by atoms with Gasteiger partial charge in [-0.05, 0) is 31.4 Å². The lowest BCUT2D eigenvalue weighted by molar-refractivity contribution is -0.177. The van der Waals surface area contributed by atoms with Gasteiger partial charge in [0.2, 0.25) is 0 Å². The van der Waals surface area contributed by atoms with Crippen molar-refractivity contribution >= 4 is 17.3 Å². The van der Waals surface area contributed by atoms with Crippen molar-refractivity contribution in [2.45, 2.75) is 44.4 Å². The average Bonchev–Trinajstić information content (AvgIpc) is 2.94. The first-order valence-corrected chi connectivity index (χ1v) is 7.88. The molecule has 1 N–H and O–H groups in total. The highest BCUT2D eigenvalue weighted by molar-refractivity contribution is 6.31. The van der Waals surface area contributed by atoms with Crippen molar-refractivity contribution in [3.05, 3.63) is 22.7 Å². The van der Waals surface area contributed by atoms with Crippen LogP contribution in [0.4, 0.5) is 5.69 Å². The molecule has 0 atom stereocenters. The van der Waals surface area contributed by atoms with Crippen LogP contribution in [0.2, 0.25) is 5.02 Å². The van der Waals surface area contributed by atoms with E-state index in [1.54, 1.807) is 7.11 Å². The Morgan fingerprint density at radius 3 is 2.52 bits per heavy atom. The maximum absolute atomic E-state index is 6.15. The zero-order valence-electron chi connectivity index (χ0n) is 12.6. The molecule has 116 valence electrons. The Morgan fingerprint density at radius 2 is 1.90 bits per heavy atom. The molecule has 0 radical (unpaired) electrons. The highest BCUT2D eigenvalue weighted by atomic mass is 35.5. The number of halogens is 1. The van der Waals surface area contributed by atoms with Gasteiger partial charge in [0, 0.05) is 30.0 Å². The Balaban J connectivity index is 1.66. The summed E-state index contributed by atoms with van der Waals surface area (Å²) in [6.07, 6.45) is 3.95. The van der Waals surface area contributed by atoms with Crippen LogP contribution in [0.5, 0.6) is 5.75 Å². The summed E-state index contributed by atoms with van der Waals surface area (Å²) in [7, 11) is 1.67. The van der Waals surface area contributed by atoms with Crippen LogP contribution in [-0.2, 0) is 9.47 Å². The highest BCUT2D eigenvalue weighted by Gasteiger charge is 2.40. The lowest BCUT2D eigenvalue weighted by atomic mass is 9.90. The number of methoxy groups -OCH3 is 1. The minimum atomic E-state index is -0.307. The van der Waals surface area contributed by atoms with Crippen LogP contribution >= 0.6 is 11.6 Å². The predicted molar refractivity (Wildman–Crippen MR) is 83.3 cm³/mol. The number of benzene rings is 1. The molecule has 1 aliphatic carbocycles. The van der Waals surface area contributed by atoms with Crippen LogP contribution < -0.4 is 10.1 Å². The molecule has 0 aromatic heterocycles. The zero-order chi connectivity index (χ0) is 14.9. The maximum Gasteiger partial charge on any atom is 0.168 e. The first-order valence-electron chi connectivity index (χ1n) is 7.50. The number of nitrogens with one attached hydrogen (secondary N) is 1. The molecule has 1 spiro atoms. The minimum Gasteiger partial charge on any atom is -0.495 e. The van der Waals surface area contributed by atoms with Crippen molar-refractivity contribution in [1.29, 1.82) is 0 Å². The van der Waals surface area contributed by atoms with Crippen molar-refractivity contribution < 1.29 is 14.2 Å². The van der Waals surface area contributed by atoms with Crippen LogP contribution in [0.15, 0.2) is 12.1 Å². The maximum atomic E-state index is 6.15. The van der Waals surface area contributed by atoms with E-state index in [-0.39, 0.29) is 5.79 Å². The van der Waals surface area contributed by atoms with E-state index in [4.69, 9.17) is 25.8 Å². The lowest BCUT2D eigenvalue weighted by Gasteiger charge is -2.36. The van der Waals surface area contributed by atoms with E-state index >= 15 is 0 Å². The van der Waals surface area contributed by atoms with Crippen LogP contribution in [0, 0.1) is 6.92 Å². The van der Waals surface area contributed by atoms with Crippen LogP contribution in [-0.4, -0.2) is 32.2 Å². The number of anilines is 1. The smallest absolute Gasteiger partial charge is 0.168 e. The second-order valence-electron chi connectivity index (χ2n) is 5.83. The summed E-state index contributed by atoms with van der Waals surface area (Å²) in [6.45, 7) is 3.45. The van der Waals surface area contributed by atoms with Crippen molar-refractivity contribution in [2.24, 2.45) is 0 Å². The Morgan fingerprint density at radius 1 is 1.24 bits per heavy atom. The summed E-state index contributed by atoms with van der Waals surface area (Å²) >= 11 is 6.15. The van der Waals surface area contributed by atoms with Gasteiger partial charge in [-0.3, -0.25) is 0 Å². The molecule has 5 heteroatoms. The molecular weight excluding hydrogens is 290 g/mol. The van der Waals surface area contributed by atoms with Crippen LogP contribution in [0.25, 0.3) is 0 Å². The quantitative estimate of drug-likeness (QED) is 0.922. The predicted octanol–water partition coefficient (Wildman–Crippen LogP) is 3.75. The number of hydrogen-bond acceptors (Lipinski definition) is 4. The SMILES string of the molecule is COc1cc(Cl)c(C)cc1NC1CCC2(CC1)OCCO2. The van der Waals surface area contributed by atoms with Gasteiger partial charge in [-0.15, -0.1) is 0 Å². The van der Waals surface area contributed by atoms with E-state index < -0.39 is 0 Å². The normalized spacial score (nSPS) is 21.7.